The molecular formula is C24H23N5O3. The van der Waals surface area contributed by atoms with Crippen LogP contribution in [-0.4, -0.2) is 41.3 Å². The summed E-state index contributed by atoms with van der Waals surface area (Å²) in [5.74, 6) is 2.32. The third kappa shape index (κ3) is 4.00. The number of methoxy groups -OCH3 is 1. The lowest BCUT2D eigenvalue weighted by Gasteiger charge is -2.26. The fraction of sp³-hybridized carbons (Fsp3) is 0.208. The predicted molar refractivity (Wildman–Crippen MR) is 122 cm³/mol. The molecule has 0 aliphatic carbocycles. The summed E-state index contributed by atoms with van der Waals surface area (Å²) in [6.07, 6.45) is 5.21. The SMILES string of the molecule is COCCOc1ccc2c(c1)CN=CN2c1ccc(Oc2ccn3ncnc3c2)c(C)c1. The van der Waals surface area contributed by atoms with Gasteiger partial charge in [0.15, 0.2) is 5.65 Å². The van der Waals surface area contributed by atoms with E-state index in [1.807, 2.05) is 55.9 Å². The first kappa shape index (κ1) is 20.0. The second-order valence-corrected chi connectivity index (χ2v) is 7.44. The van der Waals surface area contributed by atoms with Crippen molar-refractivity contribution < 1.29 is 14.2 Å². The van der Waals surface area contributed by atoms with E-state index in [1.165, 1.54) is 6.33 Å². The molecular weight excluding hydrogens is 406 g/mol. The number of nitrogens with zero attached hydrogens (tertiary/aromatic N) is 5. The Morgan fingerprint density at radius 3 is 2.81 bits per heavy atom. The number of aryl methyl sites for hydroxylation is 1. The van der Waals surface area contributed by atoms with Crippen molar-refractivity contribution >= 4 is 23.4 Å². The molecule has 0 fully saturated rings. The number of ether oxygens (including phenoxy) is 3. The molecule has 0 amide bonds. The summed E-state index contributed by atoms with van der Waals surface area (Å²) in [6, 6.07) is 15.9. The van der Waals surface area contributed by atoms with Gasteiger partial charge < -0.3 is 19.1 Å². The number of anilines is 2. The van der Waals surface area contributed by atoms with Gasteiger partial charge >= 0.3 is 0 Å². The van der Waals surface area contributed by atoms with Crippen LogP contribution in [0.5, 0.6) is 17.2 Å². The number of hydrogen-bond acceptors (Lipinski definition) is 7. The molecule has 5 rings (SSSR count). The maximum Gasteiger partial charge on any atom is 0.158 e. The molecule has 1 aliphatic rings. The summed E-state index contributed by atoms with van der Waals surface area (Å²) in [5.41, 5.74) is 4.97. The van der Waals surface area contributed by atoms with E-state index in [2.05, 4.69) is 32.1 Å². The highest BCUT2D eigenvalue weighted by Crippen LogP contribution is 2.36. The zero-order chi connectivity index (χ0) is 21.9. The van der Waals surface area contributed by atoms with E-state index in [4.69, 9.17) is 14.2 Å². The lowest BCUT2D eigenvalue weighted by Crippen LogP contribution is -2.19. The molecule has 0 spiro atoms. The second-order valence-electron chi connectivity index (χ2n) is 7.44. The molecule has 8 heteroatoms. The van der Waals surface area contributed by atoms with Gasteiger partial charge in [-0.15, -0.1) is 0 Å². The smallest absolute Gasteiger partial charge is 0.158 e. The standard InChI is InChI=1S/C24H23N5O3/c1-17-11-19(3-6-23(17)32-21-7-8-29-24(13-21)26-15-27-29)28-16-25-14-18-12-20(4-5-22(18)28)31-10-9-30-2/h3-8,11-13,15-16H,9-10,14H2,1-2H3. The Labute approximate surface area is 185 Å². The van der Waals surface area contributed by atoms with Gasteiger partial charge in [-0.1, -0.05) is 0 Å². The predicted octanol–water partition coefficient (Wildman–Crippen LogP) is 4.54. The van der Waals surface area contributed by atoms with Crippen LogP contribution in [0.2, 0.25) is 0 Å². The Bertz CT molecular complexity index is 1280. The van der Waals surface area contributed by atoms with Crippen LogP contribution in [0.4, 0.5) is 11.4 Å². The highest BCUT2D eigenvalue weighted by atomic mass is 16.5. The molecule has 0 saturated heterocycles. The minimum atomic E-state index is 0.521. The fourth-order valence-corrected chi connectivity index (χ4v) is 3.63. The Morgan fingerprint density at radius 2 is 1.94 bits per heavy atom. The number of fused-ring (bicyclic) bond motifs is 2. The van der Waals surface area contributed by atoms with Gasteiger partial charge in [0.2, 0.25) is 0 Å². The van der Waals surface area contributed by atoms with Crippen LogP contribution in [0, 0.1) is 6.92 Å². The average Bonchev–Trinajstić information content (AvgIpc) is 3.28. The van der Waals surface area contributed by atoms with Crippen molar-refractivity contribution in [3.05, 3.63) is 72.2 Å². The van der Waals surface area contributed by atoms with Gasteiger partial charge in [-0.2, -0.15) is 5.10 Å². The molecule has 3 heterocycles. The molecule has 32 heavy (non-hydrogen) atoms. The Morgan fingerprint density at radius 1 is 1.00 bits per heavy atom. The Hall–Kier alpha value is -3.91. The molecule has 0 unspecified atom stereocenters. The fourth-order valence-electron chi connectivity index (χ4n) is 3.63. The van der Waals surface area contributed by atoms with E-state index in [9.17, 15) is 0 Å². The summed E-state index contributed by atoms with van der Waals surface area (Å²) in [5, 5.41) is 4.11. The van der Waals surface area contributed by atoms with E-state index in [0.29, 0.717) is 25.5 Å². The molecule has 0 bridgehead atoms. The van der Waals surface area contributed by atoms with Crippen LogP contribution in [0.15, 0.2) is 66.0 Å². The third-order valence-corrected chi connectivity index (χ3v) is 5.24. The summed E-state index contributed by atoms with van der Waals surface area (Å²) in [7, 11) is 1.66. The summed E-state index contributed by atoms with van der Waals surface area (Å²) >= 11 is 0. The number of pyridine rings is 1. The van der Waals surface area contributed by atoms with Crippen molar-refractivity contribution in [2.24, 2.45) is 4.99 Å². The van der Waals surface area contributed by atoms with Gasteiger partial charge in [0.05, 0.1) is 25.2 Å². The van der Waals surface area contributed by atoms with Crippen molar-refractivity contribution in [2.45, 2.75) is 13.5 Å². The molecule has 0 atom stereocenters. The lowest BCUT2D eigenvalue weighted by molar-refractivity contribution is 0.146. The number of hydrogen-bond donors (Lipinski definition) is 0. The van der Waals surface area contributed by atoms with Crippen molar-refractivity contribution in [3.63, 3.8) is 0 Å². The van der Waals surface area contributed by atoms with Crippen LogP contribution in [0.3, 0.4) is 0 Å². The molecule has 2 aromatic heterocycles. The van der Waals surface area contributed by atoms with E-state index < -0.39 is 0 Å². The Balaban J connectivity index is 1.37. The molecule has 8 nitrogen and oxygen atoms in total. The number of aliphatic imine (C=N–C) groups is 1. The summed E-state index contributed by atoms with van der Waals surface area (Å²) in [6.45, 7) is 3.73. The summed E-state index contributed by atoms with van der Waals surface area (Å²) in [4.78, 5) is 10.8. The minimum Gasteiger partial charge on any atom is -0.491 e. The highest BCUT2D eigenvalue weighted by molar-refractivity contribution is 5.92. The maximum absolute atomic E-state index is 6.10. The first-order chi connectivity index (χ1) is 15.7. The van der Waals surface area contributed by atoms with Crippen LogP contribution in [0.25, 0.3) is 5.65 Å². The quantitative estimate of drug-likeness (QED) is 0.402. The number of aromatic nitrogens is 3. The molecule has 1 aliphatic heterocycles. The third-order valence-electron chi connectivity index (χ3n) is 5.24. The van der Waals surface area contributed by atoms with Gasteiger partial charge in [0.1, 0.15) is 30.2 Å². The van der Waals surface area contributed by atoms with Crippen molar-refractivity contribution in [2.75, 3.05) is 25.2 Å². The van der Waals surface area contributed by atoms with E-state index >= 15 is 0 Å². The van der Waals surface area contributed by atoms with Gasteiger partial charge in [-0.05, 0) is 55.0 Å². The van der Waals surface area contributed by atoms with Crippen LogP contribution < -0.4 is 14.4 Å². The summed E-state index contributed by atoms with van der Waals surface area (Å²) < 4.78 is 18.6. The molecule has 4 aromatic rings. The van der Waals surface area contributed by atoms with Crippen molar-refractivity contribution in [1.29, 1.82) is 0 Å². The lowest BCUT2D eigenvalue weighted by atomic mass is 10.1. The monoisotopic (exact) mass is 429 g/mol. The van der Waals surface area contributed by atoms with E-state index in [1.54, 1.807) is 11.6 Å². The molecule has 0 saturated carbocycles. The average molecular weight is 429 g/mol. The maximum atomic E-state index is 6.10. The largest absolute Gasteiger partial charge is 0.491 e. The van der Waals surface area contributed by atoms with Crippen LogP contribution in [-0.2, 0) is 11.3 Å². The molecule has 2 aromatic carbocycles. The molecule has 0 radical (unpaired) electrons. The second kappa shape index (κ2) is 8.68. The highest BCUT2D eigenvalue weighted by Gasteiger charge is 2.17. The first-order valence-electron chi connectivity index (χ1n) is 10.3. The molecule has 162 valence electrons. The number of benzene rings is 2. The zero-order valence-corrected chi connectivity index (χ0v) is 17.9. The van der Waals surface area contributed by atoms with Crippen LogP contribution in [0.1, 0.15) is 11.1 Å². The van der Waals surface area contributed by atoms with Crippen molar-refractivity contribution in [3.8, 4) is 17.2 Å². The van der Waals surface area contributed by atoms with E-state index in [-0.39, 0.29) is 0 Å². The van der Waals surface area contributed by atoms with Gasteiger partial charge in [-0.3, -0.25) is 4.99 Å². The van der Waals surface area contributed by atoms with E-state index in [0.717, 1.165) is 39.6 Å². The zero-order valence-electron chi connectivity index (χ0n) is 17.9. The normalized spacial score (nSPS) is 12.8. The van der Waals surface area contributed by atoms with Crippen molar-refractivity contribution in [1.82, 2.24) is 14.6 Å². The number of rotatable bonds is 7. The molecule has 0 N–H and O–H groups in total. The van der Waals surface area contributed by atoms with Gasteiger partial charge in [0.25, 0.3) is 0 Å². The minimum absolute atomic E-state index is 0.521. The van der Waals surface area contributed by atoms with Gasteiger partial charge in [0, 0.05) is 30.6 Å². The Kier molecular flexibility index (Phi) is 5.43. The van der Waals surface area contributed by atoms with Crippen LogP contribution >= 0.6 is 0 Å². The first-order valence-corrected chi connectivity index (χ1v) is 10.3. The van der Waals surface area contributed by atoms with Gasteiger partial charge in [-0.25, -0.2) is 9.50 Å². The topological polar surface area (TPSA) is 73.5 Å².